The van der Waals surface area contributed by atoms with Gasteiger partial charge in [0.05, 0.1) is 10.8 Å². The van der Waals surface area contributed by atoms with Crippen LogP contribution in [0.5, 0.6) is 0 Å². The molecule has 0 N–H and O–H groups in total. The average molecular weight is 344 g/mol. The van der Waals surface area contributed by atoms with Crippen LogP contribution in [0.1, 0.15) is 83.1 Å². The maximum absolute atomic E-state index is 4.64. The molecular weight excluding hydrogens is 310 g/mol. The lowest BCUT2D eigenvalue weighted by atomic mass is 9.77. The second-order valence-corrected chi connectivity index (χ2v) is 7.68. The zero-order valence-electron chi connectivity index (χ0n) is 15.3. The van der Waals surface area contributed by atoms with Gasteiger partial charge in [-0.25, -0.2) is 0 Å². The molecule has 1 aliphatic rings. The summed E-state index contributed by atoms with van der Waals surface area (Å²) in [6, 6.07) is 8.47. The standard InChI is InChI=1S/C22H33NS/c1-2-3-4-5-6-7-19-8-10-20(11-9-19)12-13-21-14-16-22(17-15-21)23-18-24/h14-17,19-20H,2-13H2,1H3. The molecule has 0 heterocycles. The van der Waals surface area contributed by atoms with Gasteiger partial charge in [0.1, 0.15) is 0 Å². The molecule has 1 aliphatic carbocycles. The fraction of sp³-hybridized carbons (Fsp3) is 0.682. The first kappa shape index (κ1) is 19.3. The molecule has 0 atom stereocenters. The largest absolute Gasteiger partial charge is 0.195 e. The van der Waals surface area contributed by atoms with Gasteiger partial charge in [0, 0.05) is 0 Å². The lowest BCUT2D eigenvalue weighted by Crippen LogP contribution is -2.15. The van der Waals surface area contributed by atoms with E-state index < -0.39 is 0 Å². The minimum atomic E-state index is 0.910. The number of aryl methyl sites for hydroxylation is 1. The number of isothiocyanates is 1. The van der Waals surface area contributed by atoms with Crippen molar-refractivity contribution in [3.63, 3.8) is 0 Å². The highest BCUT2D eigenvalue weighted by Crippen LogP contribution is 2.34. The Morgan fingerprint density at radius 2 is 1.54 bits per heavy atom. The number of rotatable bonds is 10. The van der Waals surface area contributed by atoms with E-state index in [-0.39, 0.29) is 0 Å². The van der Waals surface area contributed by atoms with E-state index in [2.05, 4.69) is 41.4 Å². The summed E-state index contributed by atoms with van der Waals surface area (Å²) in [6.45, 7) is 2.29. The van der Waals surface area contributed by atoms with Crippen molar-refractivity contribution in [2.24, 2.45) is 16.8 Å². The molecular formula is C22H33NS. The third-order valence-electron chi connectivity index (χ3n) is 5.63. The number of benzene rings is 1. The predicted molar refractivity (Wildman–Crippen MR) is 108 cm³/mol. The number of aliphatic imine (C=N–C) groups is 1. The van der Waals surface area contributed by atoms with Gasteiger partial charge in [0.25, 0.3) is 0 Å². The average Bonchev–Trinajstić information content (AvgIpc) is 2.62. The van der Waals surface area contributed by atoms with Crippen LogP contribution in [0.3, 0.4) is 0 Å². The van der Waals surface area contributed by atoms with Gasteiger partial charge in [-0.2, -0.15) is 4.99 Å². The molecule has 0 amide bonds. The van der Waals surface area contributed by atoms with E-state index in [9.17, 15) is 0 Å². The molecule has 24 heavy (non-hydrogen) atoms. The van der Waals surface area contributed by atoms with Gasteiger partial charge >= 0.3 is 0 Å². The predicted octanol–water partition coefficient (Wildman–Crippen LogP) is 7.52. The van der Waals surface area contributed by atoms with E-state index >= 15 is 0 Å². The van der Waals surface area contributed by atoms with Crippen molar-refractivity contribution in [1.29, 1.82) is 0 Å². The second kappa shape index (κ2) is 11.6. The van der Waals surface area contributed by atoms with Crippen molar-refractivity contribution in [1.82, 2.24) is 0 Å². The number of nitrogens with zero attached hydrogens (tertiary/aromatic N) is 1. The summed E-state index contributed by atoms with van der Waals surface area (Å²) in [4.78, 5) is 4.01. The normalized spacial score (nSPS) is 20.5. The third-order valence-corrected chi connectivity index (χ3v) is 5.73. The molecule has 0 bridgehead atoms. The van der Waals surface area contributed by atoms with Gasteiger partial charge < -0.3 is 0 Å². The van der Waals surface area contributed by atoms with E-state index in [0.29, 0.717) is 0 Å². The Balaban J connectivity index is 1.60. The summed E-state index contributed by atoms with van der Waals surface area (Å²) in [5.74, 6) is 1.97. The first-order valence-electron chi connectivity index (χ1n) is 9.98. The molecule has 0 unspecified atom stereocenters. The van der Waals surface area contributed by atoms with Crippen molar-refractivity contribution >= 4 is 23.1 Å². The van der Waals surface area contributed by atoms with Crippen LogP contribution >= 0.6 is 12.2 Å². The molecule has 0 radical (unpaired) electrons. The molecule has 2 heteroatoms. The van der Waals surface area contributed by atoms with Gasteiger partial charge in [-0.15, -0.1) is 0 Å². The molecule has 1 aromatic carbocycles. The molecule has 0 aromatic heterocycles. The number of thiocarbonyl (C=S) groups is 1. The first-order chi connectivity index (χ1) is 11.8. The number of hydrogen-bond acceptors (Lipinski definition) is 2. The minimum Gasteiger partial charge on any atom is -0.195 e. The minimum absolute atomic E-state index is 0.910. The molecule has 1 nitrogen and oxygen atoms in total. The molecule has 1 fully saturated rings. The lowest BCUT2D eigenvalue weighted by Gasteiger charge is -2.28. The van der Waals surface area contributed by atoms with Crippen molar-refractivity contribution in [2.75, 3.05) is 0 Å². The SMILES string of the molecule is CCCCCCCC1CCC(CCc2ccc(N=C=S)cc2)CC1. The lowest BCUT2D eigenvalue weighted by molar-refractivity contribution is 0.248. The first-order valence-corrected chi connectivity index (χ1v) is 10.4. The highest BCUT2D eigenvalue weighted by atomic mass is 32.1. The van der Waals surface area contributed by atoms with Crippen LogP contribution in [0.15, 0.2) is 29.3 Å². The van der Waals surface area contributed by atoms with E-state index in [0.717, 1.165) is 17.5 Å². The Labute approximate surface area is 154 Å². The fourth-order valence-corrected chi connectivity index (χ4v) is 4.11. The van der Waals surface area contributed by atoms with E-state index in [1.165, 1.54) is 82.6 Å². The van der Waals surface area contributed by atoms with Gasteiger partial charge in [-0.1, -0.05) is 83.3 Å². The fourth-order valence-electron chi connectivity index (χ4n) is 4.01. The molecule has 132 valence electrons. The van der Waals surface area contributed by atoms with Crippen LogP contribution in [-0.4, -0.2) is 5.16 Å². The Morgan fingerprint density at radius 1 is 0.917 bits per heavy atom. The van der Waals surface area contributed by atoms with Gasteiger partial charge in [0.2, 0.25) is 0 Å². The van der Waals surface area contributed by atoms with Crippen molar-refractivity contribution in [2.45, 2.75) is 84.0 Å². The summed E-state index contributed by atoms with van der Waals surface area (Å²) in [7, 11) is 0. The Kier molecular flexibility index (Phi) is 9.31. The molecule has 1 aromatic rings. The highest BCUT2D eigenvalue weighted by Gasteiger charge is 2.20. The molecule has 2 rings (SSSR count). The zero-order valence-corrected chi connectivity index (χ0v) is 16.1. The van der Waals surface area contributed by atoms with Gasteiger partial charge in [-0.05, 0) is 54.6 Å². The van der Waals surface area contributed by atoms with Crippen LogP contribution < -0.4 is 0 Å². The Bertz CT molecular complexity index is 493. The second-order valence-electron chi connectivity index (χ2n) is 7.50. The number of hydrogen-bond donors (Lipinski definition) is 0. The summed E-state index contributed by atoms with van der Waals surface area (Å²) in [5.41, 5.74) is 2.34. The van der Waals surface area contributed by atoms with Crippen LogP contribution in [0.4, 0.5) is 5.69 Å². The summed E-state index contributed by atoms with van der Waals surface area (Å²) in [5, 5.41) is 2.42. The summed E-state index contributed by atoms with van der Waals surface area (Å²) in [6.07, 6.45) is 17.0. The maximum Gasteiger partial charge on any atom is 0.0739 e. The van der Waals surface area contributed by atoms with E-state index in [4.69, 9.17) is 0 Å². The van der Waals surface area contributed by atoms with Crippen LogP contribution in [0.25, 0.3) is 0 Å². The van der Waals surface area contributed by atoms with Crippen LogP contribution in [0, 0.1) is 11.8 Å². The van der Waals surface area contributed by atoms with Crippen molar-refractivity contribution in [3.05, 3.63) is 29.8 Å². The van der Waals surface area contributed by atoms with Crippen LogP contribution in [0.2, 0.25) is 0 Å². The van der Waals surface area contributed by atoms with E-state index in [1.54, 1.807) is 0 Å². The molecule has 1 saturated carbocycles. The zero-order chi connectivity index (χ0) is 17.0. The third kappa shape index (κ3) is 7.28. The van der Waals surface area contributed by atoms with Crippen molar-refractivity contribution < 1.29 is 0 Å². The number of unbranched alkanes of at least 4 members (excludes halogenated alkanes) is 4. The topological polar surface area (TPSA) is 12.4 Å². The Morgan fingerprint density at radius 3 is 2.17 bits per heavy atom. The maximum atomic E-state index is 4.64. The van der Waals surface area contributed by atoms with Gasteiger partial charge in [0.15, 0.2) is 0 Å². The summed E-state index contributed by atoms with van der Waals surface area (Å²) >= 11 is 4.64. The molecule has 0 saturated heterocycles. The van der Waals surface area contributed by atoms with E-state index in [1.807, 2.05) is 12.1 Å². The Hall–Kier alpha value is -0.980. The van der Waals surface area contributed by atoms with Gasteiger partial charge in [-0.3, -0.25) is 0 Å². The summed E-state index contributed by atoms with van der Waals surface area (Å²) < 4.78 is 0. The molecule has 0 aliphatic heterocycles. The quantitative estimate of drug-likeness (QED) is 0.243. The smallest absolute Gasteiger partial charge is 0.0739 e. The highest BCUT2D eigenvalue weighted by molar-refractivity contribution is 7.78. The van der Waals surface area contributed by atoms with Crippen molar-refractivity contribution in [3.8, 4) is 0 Å². The van der Waals surface area contributed by atoms with Crippen LogP contribution in [-0.2, 0) is 6.42 Å². The monoisotopic (exact) mass is 343 g/mol. The molecule has 0 spiro atoms.